The molecule has 0 saturated heterocycles. The number of benzene rings is 1. The third kappa shape index (κ3) is 2.93. The van der Waals surface area contributed by atoms with E-state index in [-0.39, 0.29) is 0 Å². The number of aryl methyl sites for hydroxylation is 1. The van der Waals surface area contributed by atoms with Crippen molar-refractivity contribution in [1.29, 1.82) is 0 Å². The van der Waals surface area contributed by atoms with E-state index < -0.39 is 0 Å². The molecule has 5 nitrogen and oxygen atoms in total. The lowest BCUT2D eigenvalue weighted by molar-refractivity contribution is 0.466. The number of amidine groups is 1. The van der Waals surface area contributed by atoms with Crippen LogP contribution < -0.4 is 0 Å². The molecule has 2 aromatic rings. The zero-order chi connectivity index (χ0) is 16.1. The van der Waals surface area contributed by atoms with Crippen molar-refractivity contribution >= 4 is 18.4 Å². The maximum atomic E-state index is 4.49. The Labute approximate surface area is 132 Å². The third-order valence-electron chi connectivity index (χ3n) is 3.66. The zero-order valence-corrected chi connectivity index (χ0v) is 13.7. The van der Waals surface area contributed by atoms with Gasteiger partial charge in [0.1, 0.15) is 5.84 Å². The molecule has 0 amide bonds. The van der Waals surface area contributed by atoms with Crippen LogP contribution in [0.1, 0.15) is 25.0 Å². The summed E-state index contributed by atoms with van der Waals surface area (Å²) in [4.78, 5) is 10.8. The summed E-state index contributed by atoms with van der Waals surface area (Å²) >= 11 is 0. The van der Waals surface area contributed by atoms with Gasteiger partial charge in [0.2, 0.25) is 0 Å². The van der Waals surface area contributed by atoms with Crippen LogP contribution in [0.4, 0.5) is 5.82 Å². The number of rotatable bonds is 5. The largest absolute Gasteiger partial charge is 0.357 e. The molecule has 0 aliphatic carbocycles. The first-order valence-corrected chi connectivity index (χ1v) is 7.50. The van der Waals surface area contributed by atoms with Crippen LogP contribution in [0.5, 0.6) is 0 Å². The van der Waals surface area contributed by atoms with Crippen LogP contribution in [-0.4, -0.2) is 47.4 Å². The molecule has 116 valence electrons. The highest BCUT2D eigenvalue weighted by atomic mass is 15.3. The lowest BCUT2D eigenvalue weighted by atomic mass is 10.2. The lowest BCUT2D eigenvalue weighted by Gasteiger charge is -2.22. The predicted molar refractivity (Wildman–Crippen MR) is 92.9 cm³/mol. The van der Waals surface area contributed by atoms with Crippen molar-refractivity contribution in [3.8, 4) is 5.69 Å². The molecule has 0 bridgehead atoms. The number of nitrogens with zero attached hydrogens (tertiary/aromatic N) is 5. The summed E-state index contributed by atoms with van der Waals surface area (Å²) < 4.78 is 1.81. The van der Waals surface area contributed by atoms with E-state index in [1.54, 1.807) is 7.05 Å². The van der Waals surface area contributed by atoms with Crippen LogP contribution in [0.25, 0.3) is 5.69 Å². The Hall–Kier alpha value is -2.43. The molecule has 1 heterocycles. The second-order valence-corrected chi connectivity index (χ2v) is 5.01. The fourth-order valence-corrected chi connectivity index (χ4v) is 2.56. The van der Waals surface area contributed by atoms with Crippen LogP contribution in [0.2, 0.25) is 0 Å². The van der Waals surface area contributed by atoms with E-state index in [2.05, 4.69) is 59.6 Å². The van der Waals surface area contributed by atoms with Gasteiger partial charge in [0.05, 0.1) is 17.4 Å². The van der Waals surface area contributed by atoms with Crippen LogP contribution >= 0.6 is 0 Å². The minimum absolute atomic E-state index is 0.720. The van der Waals surface area contributed by atoms with Crippen LogP contribution in [0.3, 0.4) is 0 Å². The average molecular weight is 297 g/mol. The van der Waals surface area contributed by atoms with Crippen molar-refractivity contribution in [2.75, 3.05) is 20.1 Å². The topological polar surface area (TPSA) is 45.8 Å². The molecule has 0 atom stereocenters. The van der Waals surface area contributed by atoms with E-state index in [1.165, 1.54) is 5.56 Å². The van der Waals surface area contributed by atoms with Gasteiger partial charge in [-0.05, 0) is 45.2 Å². The number of aliphatic imine (C=N–C) groups is 2. The minimum atomic E-state index is 0.720. The van der Waals surface area contributed by atoms with E-state index in [4.69, 9.17) is 0 Å². The first-order chi connectivity index (χ1) is 10.7. The van der Waals surface area contributed by atoms with Gasteiger partial charge in [-0.25, -0.2) is 9.67 Å². The first-order valence-electron chi connectivity index (χ1n) is 7.50. The van der Waals surface area contributed by atoms with Gasteiger partial charge in [-0.3, -0.25) is 4.99 Å². The number of hydrogen-bond donors (Lipinski definition) is 0. The molecule has 0 saturated carbocycles. The minimum Gasteiger partial charge on any atom is -0.357 e. The third-order valence-corrected chi connectivity index (χ3v) is 3.66. The van der Waals surface area contributed by atoms with E-state index >= 15 is 0 Å². The van der Waals surface area contributed by atoms with Gasteiger partial charge in [0, 0.05) is 20.1 Å². The summed E-state index contributed by atoms with van der Waals surface area (Å²) in [5.74, 6) is 1.62. The number of aromatic nitrogens is 2. The molecule has 1 aromatic carbocycles. The molecule has 0 unspecified atom stereocenters. The smallest absolute Gasteiger partial charge is 0.166 e. The van der Waals surface area contributed by atoms with Gasteiger partial charge >= 0.3 is 0 Å². The van der Waals surface area contributed by atoms with Crippen molar-refractivity contribution < 1.29 is 0 Å². The van der Waals surface area contributed by atoms with E-state index in [1.807, 2.05) is 23.0 Å². The molecule has 0 radical (unpaired) electrons. The van der Waals surface area contributed by atoms with Gasteiger partial charge in [0.15, 0.2) is 5.82 Å². The quantitative estimate of drug-likeness (QED) is 0.628. The van der Waals surface area contributed by atoms with Crippen molar-refractivity contribution in [1.82, 2.24) is 14.7 Å². The van der Waals surface area contributed by atoms with E-state index in [0.29, 0.717) is 0 Å². The Balaban J connectivity index is 2.54. The molecule has 0 N–H and O–H groups in total. The van der Waals surface area contributed by atoms with E-state index in [9.17, 15) is 0 Å². The summed E-state index contributed by atoms with van der Waals surface area (Å²) in [6, 6.07) is 8.16. The van der Waals surface area contributed by atoms with Gasteiger partial charge in [0.25, 0.3) is 0 Å². The van der Waals surface area contributed by atoms with Gasteiger partial charge in [-0.1, -0.05) is 12.1 Å². The molecule has 22 heavy (non-hydrogen) atoms. The second-order valence-electron chi connectivity index (χ2n) is 5.01. The molecule has 0 fully saturated rings. The van der Waals surface area contributed by atoms with Crippen LogP contribution in [-0.2, 0) is 0 Å². The fourth-order valence-electron chi connectivity index (χ4n) is 2.56. The van der Waals surface area contributed by atoms with Crippen LogP contribution in [0, 0.1) is 6.92 Å². The molecule has 2 rings (SSSR count). The van der Waals surface area contributed by atoms with Crippen molar-refractivity contribution in [2.24, 2.45) is 9.98 Å². The average Bonchev–Trinajstić information content (AvgIpc) is 2.96. The molecule has 0 aliphatic rings. The maximum Gasteiger partial charge on any atom is 0.166 e. The van der Waals surface area contributed by atoms with Gasteiger partial charge < -0.3 is 4.90 Å². The van der Waals surface area contributed by atoms with Crippen molar-refractivity contribution in [2.45, 2.75) is 20.8 Å². The lowest BCUT2D eigenvalue weighted by Crippen LogP contribution is -2.31. The SMILES string of the molecule is C=Nc1c(C(=NC)N(CC)CC)cnn1-c1cccc(C)c1. The predicted octanol–water partition coefficient (Wildman–Crippen LogP) is 3.23. The second kappa shape index (κ2) is 7.02. The molecule has 5 heteroatoms. The zero-order valence-electron chi connectivity index (χ0n) is 13.7. The Morgan fingerprint density at radius 3 is 2.59 bits per heavy atom. The van der Waals surface area contributed by atoms with Crippen molar-refractivity contribution in [3.63, 3.8) is 0 Å². The highest BCUT2D eigenvalue weighted by Crippen LogP contribution is 2.25. The van der Waals surface area contributed by atoms with E-state index in [0.717, 1.165) is 36.0 Å². The normalized spacial score (nSPS) is 11.5. The highest BCUT2D eigenvalue weighted by Gasteiger charge is 2.19. The Bertz CT molecular complexity index is 680. The Kier molecular flexibility index (Phi) is 5.09. The molecular formula is C17H23N5. The first kappa shape index (κ1) is 15.9. The van der Waals surface area contributed by atoms with Gasteiger partial charge in [-0.2, -0.15) is 5.10 Å². The molecular weight excluding hydrogens is 274 g/mol. The maximum absolute atomic E-state index is 4.49. The Morgan fingerprint density at radius 1 is 1.32 bits per heavy atom. The number of hydrogen-bond acceptors (Lipinski definition) is 3. The summed E-state index contributed by atoms with van der Waals surface area (Å²) in [5, 5.41) is 4.49. The Morgan fingerprint density at radius 2 is 2.05 bits per heavy atom. The molecule has 0 spiro atoms. The summed E-state index contributed by atoms with van der Waals surface area (Å²) in [6.45, 7) is 11.8. The molecule has 1 aromatic heterocycles. The van der Waals surface area contributed by atoms with Crippen LogP contribution in [0.15, 0.2) is 40.4 Å². The standard InChI is InChI=1S/C17H23N5/c1-6-21(7-2)16(18-4)15-12-20-22(17(15)19-5)14-10-8-9-13(3)11-14/h8-12H,5-7H2,1-4H3. The summed E-state index contributed by atoms with van der Waals surface area (Å²) in [7, 11) is 1.80. The monoisotopic (exact) mass is 297 g/mol. The molecule has 0 aliphatic heterocycles. The summed E-state index contributed by atoms with van der Waals surface area (Å²) in [6.07, 6.45) is 1.81. The fraction of sp³-hybridized carbons (Fsp3) is 0.353. The van der Waals surface area contributed by atoms with Gasteiger partial charge in [-0.15, -0.1) is 0 Å². The highest BCUT2D eigenvalue weighted by molar-refractivity contribution is 6.02. The van der Waals surface area contributed by atoms with Crippen molar-refractivity contribution in [3.05, 3.63) is 41.6 Å². The summed E-state index contributed by atoms with van der Waals surface area (Å²) in [5.41, 5.74) is 3.06.